The van der Waals surface area contributed by atoms with Crippen molar-refractivity contribution in [2.45, 2.75) is 25.4 Å². The van der Waals surface area contributed by atoms with Gasteiger partial charge in [-0.2, -0.15) is 0 Å². The van der Waals surface area contributed by atoms with E-state index in [1.807, 2.05) is 6.07 Å². The summed E-state index contributed by atoms with van der Waals surface area (Å²) in [6, 6.07) is 6.54. The van der Waals surface area contributed by atoms with Crippen molar-refractivity contribution in [2.24, 2.45) is 5.73 Å². The average molecular weight is 250 g/mol. The van der Waals surface area contributed by atoms with Crippen LogP contribution in [-0.2, 0) is 6.54 Å². The van der Waals surface area contributed by atoms with E-state index in [2.05, 4.69) is 17.0 Å². The summed E-state index contributed by atoms with van der Waals surface area (Å²) >= 11 is 0. The zero-order valence-electron chi connectivity index (χ0n) is 11.2. The maximum absolute atomic E-state index is 5.80. The van der Waals surface area contributed by atoms with Crippen molar-refractivity contribution in [1.82, 2.24) is 4.90 Å². The Morgan fingerprint density at radius 3 is 2.44 bits per heavy atom. The fourth-order valence-corrected chi connectivity index (χ4v) is 2.56. The van der Waals surface area contributed by atoms with Gasteiger partial charge in [0, 0.05) is 25.2 Å². The molecule has 1 saturated heterocycles. The number of methoxy groups -OCH3 is 2. The topological polar surface area (TPSA) is 47.7 Å². The molecule has 1 aliphatic heterocycles. The van der Waals surface area contributed by atoms with Gasteiger partial charge < -0.3 is 15.2 Å². The SMILES string of the molecule is COc1cc(CN2CCCC2CN)cc(OC)c1. The molecule has 1 fully saturated rings. The molecule has 1 atom stereocenters. The number of benzene rings is 1. The molecule has 0 aromatic heterocycles. The lowest BCUT2D eigenvalue weighted by Gasteiger charge is -2.23. The third-order valence-corrected chi connectivity index (χ3v) is 3.57. The van der Waals surface area contributed by atoms with Gasteiger partial charge in [0.25, 0.3) is 0 Å². The predicted molar refractivity (Wildman–Crippen MR) is 72.0 cm³/mol. The summed E-state index contributed by atoms with van der Waals surface area (Å²) in [4.78, 5) is 2.44. The van der Waals surface area contributed by atoms with Crippen LogP contribution in [0.1, 0.15) is 18.4 Å². The molecule has 0 radical (unpaired) electrons. The van der Waals surface area contributed by atoms with E-state index in [1.54, 1.807) is 14.2 Å². The quantitative estimate of drug-likeness (QED) is 0.863. The second-order valence-corrected chi connectivity index (χ2v) is 4.72. The Morgan fingerprint density at radius 2 is 1.89 bits per heavy atom. The number of hydrogen-bond acceptors (Lipinski definition) is 4. The Kier molecular flexibility index (Phi) is 4.44. The Labute approximate surface area is 109 Å². The lowest BCUT2D eigenvalue weighted by atomic mass is 10.1. The van der Waals surface area contributed by atoms with Crippen LogP contribution in [0.5, 0.6) is 11.5 Å². The number of hydrogen-bond donors (Lipinski definition) is 1. The number of likely N-dealkylation sites (tertiary alicyclic amines) is 1. The van der Waals surface area contributed by atoms with Crippen molar-refractivity contribution >= 4 is 0 Å². The Morgan fingerprint density at radius 1 is 1.22 bits per heavy atom. The van der Waals surface area contributed by atoms with Crippen LogP contribution in [0, 0.1) is 0 Å². The first-order valence-electron chi connectivity index (χ1n) is 6.43. The molecule has 1 heterocycles. The van der Waals surface area contributed by atoms with E-state index >= 15 is 0 Å². The lowest BCUT2D eigenvalue weighted by molar-refractivity contribution is 0.249. The van der Waals surface area contributed by atoms with Crippen LogP contribution in [0.3, 0.4) is 0 Å². The molecule has 0 saturated carbocycles. The van der Waals surface area contributed by atoms with Crippen molar-refractivity contribution in [3.05, 3.63) is 23.8 Å². The first-order valence-corrected chi connectivity index (χ1v) is 6.43. The highest BCUT2D eigenvalue weighted by Gasteiger charge is 2.23. The molecule has 4 nitrogen and oxygen atoms in total. The van der Waals surface area contributed by atoms with Gasteiger partial charge in [-0.25, -0.2) is 0 Å². The molecule has 1 unspecified atom stereocenters. The normalized spacial score (nSPS) is 20.1. The molecule has 1 aromatic carbocycles. The first-order chi connectivity index (χ1) is 8.76. The van der Waals surface area contributed by atoms with Crippen LogP contribution in [-0.4, -0.2) is 38.3 Å². The van der Waals surface area contributed by atoms with Crippen molar-refractivity contribution in [3.63, 3.8) is 0 Å². The standard InChI is InChI=1S/C14H22N2O2/c1-17-13-6-11(7-14(8-13)18-2)10-16-5-3-4-12(16)9-15/h6-8,12H,3-5,9-10,15H2,1-2H3. The minimum Gasteiger partial charge on any atom is -0.497 e. The van der Waals surface area contributed by atoms with Gasteiger partial charge in [-0.1, -0.05) is 0 Å². The summed E-state index contributed by atoms with van der Waals surface area (Å²) in [5.41, 5.74) is 7.01. The van der Waals surface area contributed by atoms with Gasteiger partial charge in [-0.15, -0.1) is 0 Å². The largest absolute Gasteiger partial charge is 0.497 e. The van der Waals surface area contributed by atoms with Crippen LogP contribution in [0.15, 0.2) is 18.2 Å². The van der Waals surface area contributed by atoms with Crippen LogP contribution >= 0.6 is 0 Å². The smallest absolute Gasteiger partial charge is 0.122 e. The molecule has 18 heavy (non-hydrogen) atoms. The van der Waals surface area contributed by atoms with Crippen LogP contribution in [0.4, 0.5) is 0 Å². The van der Waals surface area contributed by atoms with Crippen LogP contribution in [0.25, 0.3) is 0 Å². The Hall–Kier alpha value is -1.26. The highest BCUT2D eigenvalue weighted by Crippen LogP contribution is 2.25. The van der Waals surface area contributed by atoms with E-state index in [0.717, 1.165) is 31.1 Å². The molecular weight excluding hydrogens is 228 g/mol. The highest BCUT2D eigenvalue weighted by molar-refractivity contribution is 5.38. The van der Waals surface area contributed by atoms with Crippen molar-refractivity contribution in [2.75, 3.05) is 27.3 Å². The average Bonchev–Trinajstić information content (AvgIpc) is 2.85. The van der Waals surface area contributed by atoms with Crippen molar-refractivity contribution in [1.29, 1.82) is 0 Å². The Bertz CT molecular complexity index is 373. The first kappa shape index (κ1) is 13.2. The minimum absolute atomic E-state index is 0.516. The van der Waals surface area contributed by atoms with E-state index in [9.17, 15) is 0 Å². The molecule has 0 bridgehead atoms. The monoisotopic (exact) mass is 250 g/mol. The summed E-state index contributed by atoms with van der Waals surface area (Å²) in [5.74, 6) is 1.68. The predicted octanol–water partition coefficient (Wildman–Crippen LogP) is 1.63. The molecule has 2 rings (SSSR count). The summed E-state index contributed by atoms with van der Waals surface area (Å²) in [6.45, 7) is 2.78. The second-order valence-electron chi connectivity index (χ2n) is 4.72. The fourth-order valence-electron chi connectivity index (χ4n) is 2.56. The van der Waals surface area contributed by atoms with E-state index in [1.165, 1.54) is 18.4 Å². The molecular formula is C14H22N2O2. The molecule has 2 N–H and O–H groups in total. The fraction of sp³-hybridized carbons (Fsp3) is 0.571. The Balaban J connectivity index is 2.12. The van der Waals surface area contributed by atoms with E-state index in [-0.39, 0.29) is 0 Å². The van der Waals surface area contributed by atoms with Gasteiger partial charge in [0.05, 0.1) is 14.2 Å². The molecule has 0 spiro atoms. The van der Waals surface area contributed by atoms with Gasteiger partial charge in [0.2, 0.25) is 0 Å². The molecule has 0 aliphatic carbocycles. The number of nitrogens with zero attached hydrogens (tertiary/aromatic N) is 1. The summed E-state index contributed by atoms with van der Waals surface area (Å²) in [6.07, 6.45) is 2.45. The van der Waals surface area contributed by atoms with E-state index in [0.29, 0.717) is 6.04 Å². The lowest BCUT2D eigenvalue weighted by Crippen LogP contribution is -2.34. The summed E-state index contributed by atoms with van der Waals surface area (Å²) < 4.78 is 10.6. The summed E-state index contributed by atoms with van der Waals surface area (Å²) in [7, 11) is 3.36. The van der Waals surface area contributed by atoms with Gasteiger partial charge in [-0.05, 0) is 37.1 Å². The van der Waals surface area contributed by atoms with Crippen LogP contribution < -0.4 is 15.2 Å². The summed E-state index contributed by atoms with van der Waals surface area (Å²) in [5, 5.41) is 0. The van der Waals surface area contributed by atoms with E-state index in [4.69, 9.17) is 15.2 Å². The van der Waals surface area contributed by atoms with E-state index < -0.39 is 0 Å². The van der Waals surface area contributed by atoms with Crippen LogP contribution in [0.2, 0.25) is 0 Å². The third-order valence-electron chi connectivity index (χ3n) is 3.57. The molecule has 4 heteroatoms. The second kappa shape index (κ2) is 6.07. The molecule has 1 aliphatic rings. The maximum atomic E-state index is 5.80. The zero-order chi connectivity index (χ0) is 13.0. The third kappa shape index (κ3) is 2.94. The molecule has 100 valence electrons. The van der Waals surface area contributed by atoms with Crippen molar-refractivity contribution in [3.8, 4) is 11.5 Å². The number of rotatable bonds is 5. The zero-order valence-corrected chi connectivity index (χ0v) is 11.2. The van der Waals surface area contributed by atoms with Gasteiger partial charge in [-0.3, -0.25) is 4.90 Å². The minimum atomic E-state index is 0.516. The van der Waals surface area contributed by atoms with Gasteiger partial charge in [0.1, 0.15) is 11.5 Å². The molecule has 1 aromatic rings. The maximum Gasteiger partial charge on any atom is 0.122 e. The van der Waals surface area contributed by atoms with Gasteiger partial charge >= 0.3 is 0 Å². The number of nitrogens with two attached hydrogens (primary N) is 1. The molecule has 0 amide bonds. The number of ether oxygens (including phenoxy) is 2. The van der Waals surface area contributed by atoms with Crippen molar-refractivity contribution < 1.29 is 9.47 Å². The van der Waals surface area contributed by atoms with Gasteiger partial charge in [0.15, 0.2) is 0 Å². The highest BCUT2D eigenvalue weighted by atomic mass is 16.5.